The minimum atomic E-state index is 0.434. The average molecular weight is 243 g/mol. The van der Waals surface area contributed by atoms with Crippen molar-refractivity contribution < 1.29 is 4.74 Å². The van der Waals surface area contributed by atoms with Crippen molar-refractivity contribution in [2.45, 2.75) is 19.4 Å². The van der Waals surface area contributed by atoms with E-state index in [1.807, 2.05) is 0 Å². The maximum atomic E-state index is 5.45. The molecule has 2 atom stereocenters. The Morgan fingerprint density at radius 3 is 2.94 bits per heavy atom. The summed E-state index contributed by atoms with van der Waals surface area (Å²) in [5.74, 6) is 6.70. The highest BCUT2D eigenvalue weighted by atomic mass is 16.5. The van der Waals surface area contributed by atoms with Crippen molar-refractivity contribution in [1.29, 1.82) is 0 Å². The molecule has 1 aliphatic rings. The third-order valence-electron chi connectivity index (χ3n) is 3.13. The van der Waals surface area contributed by atoms with Crippen LogP contribution in [0.3, 0.4) is 0 Å². The molecule has 1 rings (SSSR count). The standard InChI is InChI=1S/C11H25N5O/c1-9-8-16(2)6-4-10(9)14-11(15-12)13-5-7-17-3/h9-10H,4-8,12H2,1-3H3,(H2,13,14,15). The van der Waals surface area contributed by atoms with Crippen LogP contribution in [0.15, 0.2) is 4.99 Å². The largest absolute Gasteiger partial charge is 0.383 e. The summed E-state index contributed by atoms with van der Waals surface area (Å²) >= 11 is 0. The number of nitrogens with two attached hydrogens (primary N) is 1. The summed E-state index contributed by atoms with van der Waals surface area (Å²) in [6, 6.07) is 0.434. The second-order valence-electron chi connectivity index (χ2n) is 4.65. The van der Waals surface area contributed by atoms with Gasteiger partial charge in [-0.1, -0.05) is 6.92 Å². The van der Waals surface area contributed by atoms with Gasteiger partial charge in [0, 0.05) is 19.7 Å². The number of nitrogens with zero attached hydrogens (tertiary/aromatic N) is 2. The lowest BCUT2D eigenvalue weighted by atomic mass is 9.94. The van der Waals surface area contributed by atoms with Crippen LogP contribution < -0.4 is 16.6 Å². The lowest BCUT2D eigenvalue weighted by Gasteiger charge is -2.35. The van der Waals surface area contributed by atoms with E-state index in [-0.39, 0.29) is 0 Å². The van der Waals surface area contributed by atoms with Crippen LogP contribution >= 0.6 is 0 Å². The van der Waals surface area contributed by atoms with Crippen LogP contribution in [0.4, 0.5) is 0 Å². The van der Waals surface area contributed by atoms with Gasteiger partial charge in [-0.3, -0.25) is 5.43 Å². The first-order valence-corrected chi connectivity index (χ1v) is 6.12. The Hall–Kier alpha value is -0.850. The molecule has 6 heteroatoms. The van der Waals surface area contributed by atoms with E-state index in [1.54, 1.807) is 7.11 Å². The van der Waals surface area contributed by atoms with Crippen molar-refractivity contribution in [1.82, 2.24) is 15.6 Å². The Balaban J connectivity index is 2.41. The summed E-state index contributed by atoms with van der Waals surface area (Å²) in [5, 5.41) is 3.37. The highest BCUT2D eigenvalue weighted by molar-refractivity contribution is 5.79. The molecule has 0 aromatic carbocycles. The fourth-order valence-corrected chi connectivity index (χ4v) is 2.13. The molecule has 0 bridgehead atoms. The lowest BCUT2D eigenvalue weighted by Crippen LogP contribution is -2.53. The van der Waals surface area contributed by atoms with Gasteiger partial charge in [0.05, 0.1) is 13.2 Å². The molecule has 1 saturated heterocycles. The Morgan fingerprint density at radius 1 is 1.59 bits per heavy atom. The van der Waals surface area contributed by atoms with Crippen LogP contribution in [0.5, 0.6) is 0 Å². The molecule has 2 unspecified atom stereocenters. The van der Waals surface area contributed by atoms with E-state index in [2.05, 4.69) is 34.6 Å². The van der Waals surface area contributed by atoms with E-state index in [1.165, 1.54) is 0 Å². The third kappa shape index (κ3) is 4.89. The van der Waals surface area contributed by atoms with Crippen LogP contribution in [-0.4, -0.2) is 57.3 Å². The molecule has 1 fully saturated rings. The van der Waals surface area contributed by atoms with Gasteiger partial charge >= 0.3 is 0 Å². The number of likely N-dealkylation sites (tertiary alicyclic amines) is 1. The van der Waals surface area contributed by atoms with E-state index < -0.39 is 0 Å². The first-order valence-electron chi connectivity index (χ1n) is 6.12. The minimum Gasteiger partial charge on any atom is -0.383 e. The van der Waals surface area contributed by atoms with Crippen LogP contribution in [0.1, 0.15) is 13.3 Å². The smallest absolute Gasteiger partial charge is 0.206 e. The summed E-state index contributed by atoms with van der Waals surface area (Å²) in [6.45, 7) is 5.68. The molecule has 0 radical (unpaired) electrons. The first kappa shape index (κ1) is 14.2. The second-order valence-corrected chi connectivity index (χ2v) is 4.65. The molecule has 1 aliphatic heterocycles. The molecule has 0 spiro atoms. The highest BCUT2D eigenvalue weighted by Gasteiger charge is 2.24. The molecule has 0 aromatic heterocycles. The number of methoxy groups -OCH3 is 1. The number of nitrogens with one attached hydrogen (secondary N) is 2. The Labute approximate surface area is 104 Å². The molecule has 1 heterocycles. The van der Waals surface area contributed by atoms with Crippen molar-refractivity contribution in [3.05, 3.63) is 0 Å². The summed E-state index contributed by atoms with van der Waals surface area (Å²) < 4.78 is 4.95. The van der Waals surface area contributed by atoms with Gasteiger partial charge in [-0.25, -0.2) is 10.8 Å². The quantitative estimate of drug-likeness (QED) is 0.202. The zero-order valence-corrected chi connectivity index (χ0v) is 11.1. The van der Waals surface area contributed by atoms with Gasteiger partial charge in [0.2, 0.25) is 5.96 Å². The lowest BCUT2D eigenvalue weighted by molar-refractivity contribution is 0.186. The fourth-order valence-electron chi connectivity index (χ4n) is 2.13. The summed E-state index contributed by atoms with van der Waals surface area (Å²) in [4.78, 5) is 6.66. The zero-order chi connectivity index (χ0) is 12.7. The maximum Gasteiger partial charge on any atom is 0.206 e. The molecule has 100 valence electrons. The Bertz CT molecular complexity index is 246. The number of hydrazine groups is 1. The number of aliphatic imine (C=N–C) groups is 1. The normalized spacial score (nSPS) is 26.9. The second kappa shape index (κ2) is 7.47. The molecule has 0 aliphatic carbocycles. The topological polar surface area (TPSA) is 74.9 Å². The summed E-state index contributed by atoms with van der Waals surface area (Å²) in [5.41, 5.74) is 2.61. The zero-order valence-electron chi connectivity index (χ0n) is 11.1. The van der Waals surface area contributed by atoms with Crippen molar-refractivity contribution in [2.24, 2.45) is 16.8 Å². The van der Waals surface area contributed by atoms with Gasteiger partial charge in [-0.15, -0.1) is 0 Å². The fraction of sp³-hybridized carbons (Fsp3) is 0.909. The van der Waals surface area contributed by atoms with Crippen LogP contribution in [0, 0.1) is 5.92 Å². The number of hydrogen-bond donors (Lipinski definition) is 3. The Morgan fingerprint density at radius 2 is 2.35 bits per heavy atom. The summed E-state index contributed by atoms with van der Waals surface area (Å²) in [7, 11) is 3.82. The monoisotopic (exact) mass is 243 g/mol. The molecule has 0 aromatic rings. The average Bonchev–Trinajstić information content (AvgIpc) is 2.31. The van der Waals surface area contributed by atoms with Gasteiger partial charge in [-0.05, 0) is 25.9 Å². The van der Waals surface area contributed by atoms with E-state index >= 15 is 0 Å². The van der Waals surface area contributed by atoms with E-state index in [0.717, 1.165) is 19.5 Å². The number of rotatable bonds is 4. The maximum absolute atomic E-state index is 5.45. The summed E-state index contributed by atoms with van der Waals surface area (Å²) in [6.07, 6.45) is 1.11. The van der Waals surface area contributed by atoms with Gasteiger partial charge < -0.3 is 15.0 Å². The number of guanidine groups is 1. The predicted octanol–water partition coefficient (Wildman–Crippen LogP) is -0.618. The number of ether oxygens (including phenoxy) is 1. The van der Waals surface area contributed by atoms with Crippen molar-refractivity contribution >= 4 is 5.96 Å². The highest BCUT2D eigenvalue weighted by Crippen LogP contribution is 2.14. The first-order chi connectivity index (χ1) is 8.17. The van der Waals surface area contributed by atoms with E-state index in [9.17, 15) is 0 Å². The SMILES string of the molecule is COCCN=C(NN)NC1CCN(C)CC1C. The molecule has 4 N–H and O–H groups in total. The van der Waals surface area contributed by atoms with Gasteiger partial charge in [0.1, 0.15) is 0 Å². The van der Waals surface area contributed by atoms with Gasteiger partial charge in [0.25, 0.3) is 0 Å². The van der Waals surface area contributed by atoms with Gasteiger partial charge in [-0.2, -0.15) is 0 Å². The number of piperidine rings is 1. The molecular formula is C11H25N5O. The third-order valence-corrected chi connectivity index (χ3v) is 3.13. The van der Waals surface area contributed by atoms with Crippen molar-refractivity contribution in [3.8, 4) is 0 Å². The predicted molar refractivity (Wildman–Crippen MR) is 69.7 cm³/mol. The van der Waals surface area contributed by atoms with Crippen LogP contribution in [0.2, 0.25) is 0 Å². The van der Waals surface area contributed by atoms with Crippen molar-refractivity contribution in [3.63, 3.8) is 0 Å². The van der Waals surface area contributed by atoms with Crippen molar-refractivity contribution in [2.75, 3.05) is 40.4 Å². The molecule has 0 amide bonds. The molecule has 17 heavy (non-hydrogen) atoms. The van der Waals surface area contributed by atoms with Crippen LogP contribution in [0.25, 0.3) is 0 Å². The molecule has 6 nitrogen and oxygen atoms in total. The Kier molecular flexibility index (Phi) is 6.25. The van der Waals surface area contributed by atoms with Gasteiger partial charge in [0.15, 0.2) is 0 Å². The minimum absolute atomic E-state index is 0.434. The van der Waals surface area contributed by atoms with E-state index in [0.29, 0.717) is 31.1 Å². The number of hydrogen-bond acceptors (Lipinski definition) is 4. The molecular weight excluding hydrogens is 218 g/mol. The molecule has 0 saturated carbocycles. The van der Waals surface area contributed by atoms with E-state index in [4.69, 9.17) is 10.6 Å². The van der Waals surface area contributed by atoms with Crippen LogP contribution in [-0.2, 0) is 4.74 Å².